The minimum atomic E-state index is -1.26. The lowest BCUT2D eigenvalue weighted by atomic mass is 9.99. The van der Waals surface area contributed by atoms with Crippen molar-refractivity contribution in [2.45, 2.75) is 50.9 Å². The molecule has 0 radical (unpaired) electrons. The van der Waals surface area contributed by atoms with E-state index < -0.39 is 60.4 Å². The number of carbonyl (C=O) groups is 4. The van der Waals surface area contributed by atoms with Crippen LogP contribution in [0.4, 0.5) is 0 Å². The second-order valence-corrected chi connectivity index (χ2v) is 9.91. The summed E-state index contributed by atoms with van der Waals surface area (Å²) in [4.78, 5) is 54.1. The Hall–Kier alpha value is -4.42. The van der Waals surface area contributed by atoms with Crippen LogP contribution in [-0.2, 0) is 32.0 Å². The number of phenolic OH excluding ortho intramolecular Hbond substituents is 1. The van der Waals surface area contributed by atoms with E-state index in [9.17, 15) is 34.5 Å². The molecule has 3 rings (SSSR count). The van der Waals surface area contributed by atoms with Gasteiger partial charge in [0, 0.05) is 29.9 Å². The fourth-order valence-corrected chi connectivity index (χ4v) is 4.21. The third-order valence-corrected chi connectivity index (χ3v) is 6.50. The maximum absolute atomic E-state index is 13.3. The molecule has 4 atom stereocenters. The second-order valence-electron chi connectivity index (χ2n) is 9.91. The fourth-order valence-electron chi connectivity index (χ4n) is 4.21. The van der Waals surface area contributed by atoms with E-state index in [1.165, 1.54) is 12.1 Å². The van der Waals surface area contributed by atoms with Gasteiger partial charge in [-0.3, -0.25) is 14.4 Å². The zero-order valence-electron chi connectivity index (χ0n) is 22.3. The first-order valence-corrected chi connectivity index (χ1v) is 12.8. The average molecular weight is 554 g/mol. The molecule has 0 aliphatic carbocycles. The molecule has 0 bridgehead atoms. The third-order valence-electron chi connectivity index (χ3n) is 6.50. The average Bonchev–Trinajstić information content (AvgIpc) is 3.33. The molecule has 0 aliphatic rings. The van der Waals surface area contributed by atoms with E-state index in [2.05, 4.69) is 20.9 Å². The first kappa shape index (κ1) is 30.1. The zero-order chi connectivity index (χ0) is 29.4. The fraction of sp³-hybridized carbons (Fsp3) is 0.357. The highest BCUT2D eigenvalue weighted by Crippen LogP contribution is 2.19. The van der Waals surface area contributed by atoms with E-state index in [4.69, 9.17) is 5.73 Å². The molecule has 12 heteroatoms. The predicted molar refractivity (Wildman–Crippen MR) is 147 cm³/mol. The first-order chi connectivity index (χ1) is 19.0. The van der Waals surface area contributed by atoms with Gasteiger partial charge in [-0.15, -0.1) is 0 Å². The van der Waals surface area contributed by atoms with Gasteiger partial charge in [0.1, 0.15) is 29.9 Å². The van der Waals surface area contributed by atoms with Crippen LogP contribution >= 0.6 is 0 Å². The van der Waals surface area contributed by atoms with Crippen LogP contribution in [0.5, 0.6) is 5.75 Å². The molecule has 12 nitrogen and oxygen atoms in total. The van der Waals surface area contributed by atoms with E-state index in [1.54, 1.807) is 32.2 Å². The molecule has 0 spiro atoms. The summed E-state index contributed by atoms with van der Waals surface area (Å²) in [6.45, 7) is 2.74. The summed E-state index contributed by atoms with van der Waals surface area (Å²) < 4.78 is 0. The number of aliphatic hydroxyl groups is 1. The molecule has 1 heterocycles. The molecule has 0 aliphatic heterocycles. The molecule has 4 unspecified atom stereocenters. The Kier molecular flexibility index (Phi) is 10.2. The van der Waals surface area contributed by atoms with Crippen LogP contribution < -0.4 is 21.7 Å². The van der Waals surface area contributed by atoms with Crippen molar-refractivity contribution in [3.8, 4) is 5.75 Å². The molecular formula is C28H35N5O7. The van der Waals surface area contributed by atoms with Crippen molar-refractivity contribution in [1.29, 1.82) is 0 Å². The summed E-state index contributed by atoms with van der Waals surface area (Å²) in [5.74, 6) is -3.81. The number of carbonyl (C=O) groups excluding carboxylic acids is 3. The van der Waals surface area contributed by atoms with Crippen LogP contribution in [-0.4, -0.2) is 74.8 Å². The largest absolute Gasteiger partial charge is 0.508 e. The van der Waals surface area contributed by atoms with E-state index in [-0.39, 0.29) is 18.6 Å². The van der Waals surface area contributed by atoms with Gasteiger partial charge in [-0.1, -0.05) is 44.2 Å². The molecule has 3 amide bonds. The number of fused-ring (bicyclic) bond motifs is 1. The molecular weight excluding hydrogens is 518 g/mol. The summed E-state index contributed by atoms with van der Waals surface area (Å²) in [5.41, 5.74) is 7.75. The van der Waals surface area contributed by atoms with Gasteiger partial charge in [-0.2, -0.15) is 0 Å². The highest BCUT2D eigenvalue weighted by Gasteiger charge is 2.32. The number of aliphatic carboxylic acids is 1. The van der Waals surface area contributed by atoms with Crippen molar-refractivity contribution >= 4 is 34.6 Å². The number of benzene rings is 2. The molecule has 1 aromatic heterocycles. The standard InChI is InChI=1S/C28H35N5O7/c1-15(2)24(27(38)32-23(28(39)40)12-17-13-30-21-6-4-3-5-19(17)21)33-26(37)22(31-25(36)20(29)14-34)11-16-7-9-18(35)10-8-16/h3-10,13,15,20,22-24,30,34-35H,11-12,14,29H2,1-2H3,(H,31,36)(H,32,38)(H,33,37)(H,39,40). The number of amides is 3. The molecule has 0 fully saturated rings. The number of para-hydroxylation sites is 1. The number of phenols is 1. The molecule has 2 aromatic carbocycles. The number of aromatic nitrogens is 1. The molecule has 0 saturated heterocycles. The van der Waals surface area contributed by atoms with Gasteiger partial charge in [0.05, 0.1) is 6.61 Å². The summed E-state index contributed by atoms with van der Waals surface area (Å²) >= 11 is 0. The quantitative estimate of drug-likeness (QED) is 0.146. The Morgan fingerprint density at radius 1 is 0.875 bits per heavy atom. The minimum Gasteiger partial charge on any atom is -0.508 e. The van der Waals surface area contributed by atoms with E-state index >= 15 is 0 Å². The molecule has 40 heavy (non-hydrogen) atoms. The minimum absolute atomic E-state index is 0.000745. The normalized spacial score (nSPS) is 14.2. The van der Waals surface area contributed by atoms with Gasteiger partial charge < -0.3 is 42.0 Å². The Balaban J connectivity index is 1.76. The van der Waals surface area contributed by atoms with Crippen molar-refractivity contribution in [2.75, 3.05) is 6.61 Å². The van der Waals surface area contributed by atoms with Crippen LogP contribution in [0.3, 0.4) is 0 Å². The highest BCUT2D eigenvalue weighted by molar-refractivity contribution is 5.94. The third kappa shape index (κ3) is 7.80. The summed E-state index contributed by atoms with van der Waals surface area (Å²) in [7, 11) is 0. The number of nitrogens with one attached hydrogen (secondary N) is 4. The van der Waals surface area contributed by atoms with Crippen molar-refractivity contribution in [1.82, 2.24) is 20.9 Å². The number of H-pyrrole nitrogens is 1. The zero-order valence-corrected chi connectivity index (χ0v) is 22.3. The number of hydrogen-bond donors (Lipinski definition) is 8. The van der Waals surface area contributed by atoms with E-state index in [0.29, 0.717) is 11.1 Å². The van der Waals surface area contributed by atoms with Crippen LogP contribution in [0.25, 0.3) is 10.9 Å². The number of aromatic hydroxyl groups is 1. The number of hydrogen-bond acceptors (Lipinski definition) is 7. The number of aliphatic hydroxyl groups excluding tert-OH is 1. The maximum Gasteiger partial charge on any atom is 0.326 e. The lowest BCUT2D eigenvalue weighted by molar-refractivity contribution is -0.142. The summed E-state index contributed by atoms with van der Waals surface area (Å²) in [5, 5.41) is 37.1. The first-order valence-electron chi connectivity index (χ1n) is 12.8. The monoisotopic (exact) mass is 553 g/mol. The molecule has 3 aromatic rings. The van der Waals surface area contributed by atoms with Crippen LogP contribution in [0.15, 0.2) is 54.7 Å². The van der Waals surface area contributed by atoms with Crippen LogP contribution in [0.2, 0.25) is 0 Å². The Morgan fingerprint density at radius 2 is 1.52 bits per heavy atom. The smallest absolute Gasteiger partial charge is 0.326 e. The highest BCUT2D eigenvalue weighted by atomic mass is 16.4. The maximum atomic E-state index is 13.3. The number of carboxylic acid groups (broad SMARTS) is 1. The van der Waals surface area contributed by atoms with Crippen molar-refractivity contribution in [3.05, 3.63) is 65.9 Å². The van der Waals surface area contributed by atoms with E-state index in [0.717, 1.165) is 10.9 Å². The number of aromatic amines is 1. The Morgan fingerprint density at radius 3 is 2.15 bits per heavy atom. The summed E-state index contributed by atoms with van der Waals surface area (Å²) in [6, 6.07) is 8.57. The lowest BCUT2D eigenvalue weighted by Gasteiger charge is -2.27. The van der Waals surface area contributed by atoms with Gasteiger partial charge in [0.25, 0.3) is 0 Å². The number of nitrogens with two attached hydrogens (primary N) is 1. The van der Waals surface area contributed by atoms with Crippen molar-refractivity contribution < 1.29 is 34.5 Å². The van der Waals surface area contributed by atoms with Gasteiger partial charge in [-0.05, 0) is 35.2 Å². The van der Waals surface area contributed by atoms with Gasteiger partial charge in [-0.25, -0.2) is 4.79 Å². The Labute approximate surface area is 231 Å². The van der Waals surface area contributed by atoms with Crippen LogP contribution in [0.1, 0.15) is 25.0 Å². The van der Waals surface area contributed by atoms with Crippen LogP contribution in [0, 0.1) is 5.92 Å². The second kappa shape index (κ2) is 13.6. The lowest BCUT2D eigenvalue weighted by Crippen LogP contribution is -2.59. The SMILES string of the molecule is CC(C)C(NC(=O)C(Cc1ccc(O)cc1)NC(=O)C(N)CO)C(=O)NC(Cc1c[nH]c2ccccc12)C(=O)O. The predicted octanol–water partition coefficient (Wildman–Crippen LogP) is 0.173. The number of rotatable bonds is 13. The molecule has 0 saturated carbocycles. The molecule has 9 N–H and O–H groups in total. The van der Waals surface area contributed by atoms with Gasteiger partial charge in [0.2, 0.25) is 17.7 Å². The Bertz CT molecular complexity index is 1340. The number of carboxylic acids is 1. The molecule has 214 valence electrons. The van der Waals surface area contributed by atoms with Crippen molar-refractivity contribution in [2.24, 2.45) is 11.7 Å². The van der Waals surface area contributed by atoms with Gasteiger partial charge in [0.15, 0.2) is 0 Å². The summed E-state index contributed by atoms with van der Waals surface area (Å²) in [6.07, 6.45) is 1.71. The topological polar surface area (TPSA) is 207 Å². The van der Waals surface area contributed by atoms with Crippen molar-refractivity contribution in [3.63, 3.8) is 0 Å². The van der Waals surface area contributed by atoms with Gasteiger partial charge >= 0.3 is 5.97 Å². The van der Waals surface area contributed by atoms with E-state index in [1.807, 2.05) is 24.3 Å².